The Morgan fingerprint density at radius 2 is 2.24 bits per heavy atom. The highest BCUT2D eigenvalue weighted by Gasteiger charge is 2.15. The molecular weight excluding hydrogens is 246 g/mol. The highest BCUT2D eigenvalue weighted by molar-refractivity contribution is 7.92. The fraction of sp³-hybridized carbons (Fsp3) is 0. The van der Waals surface area contributed by atoms with Crippen LogP contribution in [-0.4, -0.2) is 18.6 Å². The van der Waals surface area contributed by atoms with Crippen LogP contribution in [0.5, 0.6) is 0 Å². The van der Waals surface area contributed by atoms with Crippen LogP contribution in [0.15, 0.2) is 40.2 Å². The number of rotatable bonds is 4. The quantitative estimate of drug-likeness (QED) is 0.525. The molecule has 0 saturated heterocycles. The minimum absolute atomic E-state index is 0.0293. The molecule has 0 aromatic carbocycles. The number of anilines is 2. The van der Waals surface area contributed by atoms with E-state index in [1.807, 2.05) is 0 Å². The largest absolute Gasteiger partial charge is 0.362 e. The fourth-order valence-electron chi connectivity index (χ4n) is 1.13. The molecule has 90 valence electrons. The second-order valence-corrected chi connectivity index (χ2v) is 4.72. The number of nitrogens with one attached hydrogen (secondary N) is 2. The van der Waals surface area contributed by atoms with E-state index in [1.165, 1.54) is 30.8 Å². The molecule has 0 atom stereocenters. The Hall–Kier alpha value is -2.13. The third-order valence-electron chi connectivity index (χ3n) is 1.87. The van der Waals surface area contributed by atoms with Crippen LogP contribution in [0.25, 0.3) is 0 Å². The number of nitrogen functional groups attached to an aromatic ring is 1. The third kappa shape index (κ3) is 2.52. The van der Waals surface area contributed by atoms with E-state index in [-0.39, 0.29) is 16.4 Å². The van der Waals surface area contributed by atoms with Gasteiger partial charge in [-0.2, -0.15) is 0 Å². The molecule has 0 spiro atoms. The van der Waals surface area contributed by atoms with Crippen molar-refractivity contribution >= 4 is 21.5 Å². The maximum Gasteiger partial charge on any atom is 0.262 e. The topological polar surface area (TPSA) is 123 Å². The standard InChI is InChI=1S/C8H9N5O3S/c9-12-8-3-7(1-2-10-8)17(14,15)13-6-4-11-16-5-6/h1-5,13H,9H2,(H,10,12). The van der Waals surface area contributed by atoms with E-state index in [4.69, 9.17) is 5.84 Å². The van der Waals surface area contributed by atoms with Crippen molar-refractivity contribution in [1.29, 1.82) is 0 Å². The summed E-state index contributed by atoms with van der Waals surface area (Å²) in [5, 5.41) is 3.39. The predicted molar refractivity (Wildman–Crippen MR) is 59.4 cm³/mol. The molecule has 9 heteroatoms. The maximum atomic E-state index is 11.9. The lowest BCUT2D eigenvalue weighted by Crippen LogP contribution is -2.14. The van der Waals surface area contributed by atoms with Crippen molar-refractivity contribution in [3.05, 3.63) is 30.8 Å². The molecule has 4 N–H and O–H groups in total. The minimum Gasteiger partial charge on any atom is -0.362 e. The number of hydrazine groups is 1. The van der Waals surface area contributed by atoms with Crippen LogP contribution >= 0.6 is 0 Å². The SMILES string of the molecule is NNc1cc(S(=O)(=O)Nc2cnoc2)ccn1. The number of hydrogen-bond donors (Lipinski definition) is 3. The van der Waals surface area contributed by atoms with Gasteiger partial charge in [-0.15, -0.1) is 0 Å². The lowest BCUT2D eigenvalue weighted by Gasteiger charge is -2.06. The van der Waals surface area contributed by atoms with E-state index in [0.29, 0.717) is 0 Å². The normalized spacial score (nSPS) is 11.1. The minimum atomic E-state index is -3.70. The Kier molecular flexibility index (Phi) is 2.93. The number of aromatic nitrogens is 2. The van der Waals surface area contributed by atoms with Gasteiger partial charge in [0.2, 0.25) is 0 Å². The van der Waals surface area contributed by atoms with Crippen molar-refractivity contribution < 1.29 is 12.9 Å². The van der Waals surface area contributed by atoms with Crippen molar-refractivity contribution in [1.82, 2.24) is 10.1 Å². The summed E-state index contributed by atoms with van der Waals surface area (Å²) in [6.45, 7) is 0. The molecule has 2 rings (SSSR count). The van der Waals surface area contributed by atoms with Crippen LogP contribution in [0.3, 0.4) is 0 Å². The first kappa shape index (κ1) is 11.4. The second kappa shape index (κ2) is 4.39. The van der Waals surface area contributed by atoms with Gasteiger partial charge in [0.25, 0.3) is 10.0 Å². The van der Waals surface area contributed by atoms with Gasteiger partial charge in [0.1, 0.15) is 17.8 Å². The van der Waals surface area contributed by atoms with Crippen LogP contribution in [0.4, 0.5) is 11.5 Å². The predicted octanol–water partition coefficient (Wildman–Crippen LogP) is 0.156. The molecule has 8 nitrogen and oxygen atoms in total. The molecule has 0 aliphatic carbocycles. The summed E-state index contributed by atoms with van der Waals surface area (Å²) in [5.74, 6) is 5.39. The van der Waals surface area contributed by atoms with Gasteiger partial charge in [-0.3, -0.25) is 4.72 Å². The summed E-state index contributed by atoms with van der Waals surface area (Å²) in [5.41, 5.74) is 2.50. The van der Waals surface area contributed by atoms with Crippen LogP contribution in [0.2, 0.25) is 0 Å². The number of sulfonamides is 1. The van der Waals surface area contributed by atoms with E-state index >= 15 is 0 Å². The van der Waals surface area contributed by atoms with Gasteiger partial charge in [0, 0.05) is 12.3 Å². The van der Waals surface area contributed by atoms with E-state index in [9.17, 15) is 8.42 Å². The lowest BCUT2D eigenvalue weighted by molar-refractivity contribution is 0.420. The zero-order chi connectivity index (χ0) is 12.3. The number of pyridine rings is 1. The van der Waals surface area contributed by atoms with Crippen LogP contribution in [-0.2, 0) is 10.0 Å². The monoisotopic (exact) mass is 255 g/mol. The van der Waals surface area contributed by atoms with Gasteiger partial charge < -0.3 is 9.95 Å². The Labute approximate surface area is 96.8 Å². The van der Waals surface area contributed by atoms with Crippen molar-refractivity contribution in [2.24, 2.45) is 5.84 Å². The zero-order valence-electron chi connectivity index (χ0n) is 8.49. The van der Waals surface area contributed by atoms with Crippen LogP contribution < -0.4 is 16.0 Å². The molecular formula is C8H9N5O3S. The highest BCUT2D eigenvalue weighted by Crippen LogP contribution is 2.16. The van der Waals surface area contributed by atoms with Crippen LogP contribution in [0.1, 0.15) is 0 Å². The number of nitrogens with two attached hydrogens (primary N) is 1. The van der Waals surface area contributed by atoms with Gasteiger partial charge >= 0.3 is 0 Å². The van der Waals surface area contributed by atoms with E-state index in [0.717, 1.165) is 0 Å². The van der Waals surface area contributed by atoms with Gasteiger partial charge in [-0.05, 0) is 6.07 Å². The smallest absolute Gasteiger partial charge is 0.262 e. The van der Waals surface area contributed by atoms with Gasteiger partial charge in [0.15, 0.2) is 0 Å². The molecule has 0 aliphatic rings. The van der Waals surface area contributed by atoms with Crippen molar-refractivity contribution in [2.75, 3.05) is 10.1 Å². The van der Waals surface area contributed by atoms with Gasteiger partial charge in [-0.1, -0.05) is 5.16 Å². The molecule has 0 bridgehead atoms. The summed E-state index contributed by atoms with van der Waals surface area (Å²) in [7, 11) is -3.70. The summed E-state index contributed by atoms with van der Waals surface area (Å²) in [4.78, 5) is 3.84. The Balaban J connectivity index is 2.31. The van der Waals surface area contributed by atoms with Gasteiger partial charge in [0.05, 0.1) is 11.1 Å². The van der Waals surface area contributed by atoms with E-state index in [1.54, 1.807) is 0 Å². The van der Waals surface area contributed by atoms with Gasteiger partial charge in [-0.25, -0.2) is 19.2 Å². The van der Waals surface area contributed by atoms with E-state index < -0.39 is 10.0 Å². The first-order valence-electron chi connectivity index (χ1n) is 4.47. The van der Waals surface area contributed by atoms with E-state index in [2.05, 4.69) is 24.8 Å². The van der Waals surface area contributed by atoms with Crippen molar-refractivity contribution in [3.63, 3.8) is 0 Å². The molecule has 0 amide bonds. The summed E-state index contributed by atoms with van der Waals surface area (Å²) in [6.07, 6.45) is 3.76. The summed E-state index contributed by atoms with van der Waals surface area (Å²) in [6, 6.07) is 2.65. The maximum absolute atomic E-state index is 11.9. The average molecular weight is 255 g/mol. The first-order valence-corrected chi connectivity index (χ1v) is 5.95. The molecule has 0 unspecified atom stereocenters. The molecule has 17 heavy (non-hydrogen) atoms. The summed E-state index contributed by atoms with van der Waals surface area (Å²) >= 11 is 0. The summed E-state index contributed by atoms with van der Waals surface area (Å²) < 4.78 is 30.6. The second-order valence-electron chi connectivity index (χ2n) is 3.04. The molecule has 0 aliphatic heterocycles. The highest BCUT2D eigenvalue weighted by atomic mass is 32.2. The molecule has 2 heterocycles. The molecule has 0 radical (unpaired) electrons. The Bertz CT molecular complexity index is 595. The fourth-order valence-corrected chi connectivity index (χ4v) is 2.16. The van der Waals surface area contributed by atoms with Crippen molar-refractivity contribution in [3.8, 4) is 0 Å². The average Bonchev–Trinajstić information content (AvgIpc) is 2.81. The molecule has 0 fully saturated rings. The molecule has 0 saturated carbocycles. The zero-order valence-corrected chi connectivity index (χ0v) is 9.31. The molecule has 2 aromatic rings. The lowest BCUT2D eigenvalue weighted by atomic mass is 10.5. The Morgan fingerprint density at radius 1 is 1.41 bits per heavy atom. The van der Waals surface area contributed by atoms with Crippen LogP contribution in [0, 0.1) is 0 Å². The number of nitrogens with zero attached hydrogens (tertiary/aromatic N) is 2. The van der Waals surface area contributed by atoms with Crippen molar-refractivity contribution in [2.45, 2.75) is 4.90 Å². The number of hydrogen-bond acceptors (Lipinski definition) is 7. The molecule has 2 aromatic heterocycles. The third-order valence-corrected chi connectivity index (χ3v) is 3.25. The first-order chi connectivity index (χ1) is 8.12. The Morgan fingerprint density at radius 3 is 2.88 bits per heavy atom.